The quantitative estimate of drug-likeness (QED) is 0.766. The molecule has 0 aromatic heterocycles. The van der Waals surface area contributed by atoms with E-state index >= 15 is 0 Å². The van der Waals surface area contributed by atoms with Crippen LogP contribution in [0.2, 0.25) is 0 Å². The molecule has 2 atom stereocenters. The van der Waals surface area contributed by atoms with Crippen molar-refractivity contribution in [3.05, 3.63) is 36.4 Å². The molecule has 1 heterocycles. The zero-order valence-corrected chi connectivity index (χ0v) is 13.6. The van der Waals surface area contributed by atoms with Crippen LogP contribution in [0.25, 0.3) is 0 Å². The fourth-order valence-corrected chi connectivity index (χ4v) is 2.40. The minimum Gasteiger partial charge on any atom is -0.480 e. The molecule has 2 N–H and O–H groups in total. The highest BCUT2D eigenvalue weighted by atomic mass is 16.5. The Morgan fingerprint density at radius 2 is 2.12 bits per heavy atom. The number of carbonyl (C=O) groups is 3. The molecule has 0 aliphatic carbocycles. The van der Waals surface area contributed by atoms with E-state index in [1.54, 1.807) is 50.3 Å². The maximum absolute atomic E-state index is 12.3. The Kier molecular flexibility index (Phi) is 5.57. The topological polar surface area (TPSA) is 95.9 Å². The van der Waals surface area contributed by atoms with Gasteiger partial charge in [-0.25, -0.2) is 4.79 Å². The third-order valence-corrected chi connectivity index (χ3v) is 3.62. The molecule has 0 saturated heterocycles. The van der Waals surface area contributed by atoms with Crippen molar-refractivity contribution in [3.63, 3.8) is 0 Å². The number of hydrogen-bond acceptors (Lipinski definition) is 4. The van der Waals surface area contributed by atoms with Crippen molar-refractivity contribution in [2.75, 3.05) is 11.4 Å². The number of rotatable bonds is 6. The second-order valence-corrected chi connectivity index (χ2v) is 5.42. The summed E-state index contributed by atoms with van der Waals surface area (Å²) in [5, 5.41) is 11.6. The molecule has 1 aliphatic rings. The number of allylic oxidation sites excluding steroid dienone is 1. The lowest BCUT2D eigenvalue weighted by atomic mass is 10.1. The van der Waals surface area contributed by atoms with E-state index in [9.17, 15) is 14.4 Å². The van der Waals surface area contributed by atoms with Crippen molar-refractivity contribution in [2.24, 2.45) is 0 Å². The smallest absolute Gasteiger partial charge is 0.326 e. The van der Waals surface area contributed by atoms with Crippen LogP contribution in [0, 0.1) is 0 Å². The fourth-order valence-electron chi connectivity index (χ4n) is 2.40. The molecule has 0 saturated carbocycles. The van der Waals surface area contributed by atoms with E-state index in [0.29, 0.717) is 11.4 Å². The molecule has 0 spiro atoms. The molecule has 7 nitrogen and oxygen atoms in total. The van der Waals surface area contributed by atoms with Crippen molar-refractivity contribution in [3.8, 4) is 5.75 Å². The second-order valence-electron chi connectivity index (χ2n) is 5.42. The van der Waals surface area contributed by atoms with Gasteiger partial charge in [0.15, 0.2) is 6.10 Å². The zero-order chi connectivity index (χ0) is 17.7. The van der Waals surface area contributed by atoms with E-state index in [0.717, 1.165) is 0 Å². The van der Waals surface area contributed by atoms with Gasteiger partial charge in [0.2, 0.25) is 5.91 Å². The van der Waals surface area contributed by atoms with Gasteiger partial charge in [-0.3, -0.25) is 14.5 Å². The van der Waals surface area contributed by atoms with Crippen LogP contribution in [-0.4, -0.2) is 41.6 Å². The van der Waals surface area contributed by atoms with Crippen molar-refractivity contribution in [1.29, 1.82) is 0 Å². The van der Waals surface area contributed by atoms with Crippen LogP contribution in [-0.2, 0) is 14.4 Å². The predicted octanol–water partition coefficient (Wildman–Crippen LogP) is 1.34. The second kappa shape index (κ2) is 7.63. The molecular weight excluding hydrogens is 312 g/mol. The number of fused-ring (bicyclic) bond motifs is 1. The molecule has 2 amide bonds. The average molecular weight is 332 g/mol. The first-order valence-corrected chi connectivity index (χ1v) is 7.64. The van der Waals surface area contributed by atoms with E-state index < -0.39 is 24.0 Å². The SMILES string of the molecule is C/C=C/CC(NC(=O)CN1C(=O)C(C)Oc2ccccc21)C(=O)O. The maximum atomic E-state index is 12.3. The molecule has 1 aromatic rings. The lowest BCUT2D eigenvalue weighted by Crippen LogP contribution is -2.51. The van der Waals surface area contributed by atoms with Crippen LogP contribution in [0.15, 0.2) is 36.4 Å². The van der Waals surface area contributed by atoms with Crippen molar-refractivity contribution in [2.45, 2.75) is 32.4 Å². The number of carboxylic acids is 1. The van der Waals surface area contributed by atoms with E-state index in [-0.39, 0.29) is 18.9 Å². The van der Waals surface area contributed by atoms with Gasteiger partial charge in [0.05, 0.1) is 5.69 Å². The number of ether oxygens (including phenoxy) is 1. The molecule has 24 heavy (non-hydrogen) atoms. The fraction of sp³-hybridized carbons (Fsp3) is 0.353. The first kappa shape index (κ1) is 17.5. The van der Waals surface area contributed by atoms with Crippen LogP contribution in [0.1, 0.15) is 20.3 Å². The Balaban J connectivity index is 2.12. The van der Waals surface area contributed by atoms with E-state index in [1.165, 1.54) is 4.90 Å². The van der Waals surface area contributed by atoms with Crippen LogP contribution < -0.4 is 15.0 Å². The Labute approximate surface area is 139 Å². The predicted molar refractivity (Wildman–Crippen MR) is 87.9 cm³/mol. The summed E-state index contributed by atoms with van der Waals surface area (Å²) in [6, 6.07) is 5.88. The number of hydrogen-bond donors (Lipinski definition) is 2. The number of carbonyl (C=O) groups excluding carboxylic acids is 2. The zero-order valence-electron chi connectivity index (χ0n) is 13.6. The summed E-state index contributed by atoms with van der Waals surface area (Å²) in [7, 11) is 0. The summed E-state index contributed by atoms with van der Waals surface area (Å²) in [5.41, 5.74) is 0.496. The normalized spacial score (nSPS) is 18.0. The van der Waals surface area contributed by atoms with E-state index in [4.69, 9.17) is 9.84 Å². The van der Waals surface area contributed by atoms with E-state index in [2.05, 4.69) is 5.32 Å². The third-order valence-electron chi connectivity index (χ3n) is 3.62. The van der Waals surface area contributed by atoms with Gasteiger partial charge in [-0.15, -0.1) is 0 Å². The van der Waals surface area contributed by atoms with Crippen molar-refractivity contribution in [1.82, 2.24) is 5.32 Å². The largest absolute Gasteiger partial charge is 0.480 e. The summed E-state index contributed by atoms with van der Waals surface area (Å²) in [6.07, 6.45) is 2.86. The summed E-state index contributed by atoms with van der Waals surface area (Å²) in [4.78, 5) is 37.0. The summed E-state index contributed by atoms with van der Waals surface area (Å²) in [5.74, 6) is -1.49. The number of amides is 2. The molecule has 2 rings (SSSR count). The van der Waals surface area contributed by atoms with Gasteiger partial charge in [-0.05, 0) is 32.4 Å². The van der Waals surface area contributed by atoms with Crippen LogP contribution in [0.4, 0.5) is 5.69 Å². The molecule has 0 radical (unpaired) electrons. The maximum Gasteiger partial charge on any atom is 0.326 e. The molecule has 128 valence electrons. The molecule has 0 bridgehead atoms. The van der Waals surface area contributed by atoms with E-state index in [1.807, 2.05) is 0 Å². The van der Waals surface area contributed by atoms with Crippen LogP contribution in [0.5, 0.6) is 5.75 Å². The Morgan fingerprint density at radius 1 is 1.42 bits per heavy atom. The van der Waals surface area contributed by atoms with Gasteiger partial charge < -0.3 is 15.2 Å². The minimum absolute atomic E-state index is 0.182. The van der Waals surface area contributed by atoms with Crippen LogP contribution in [0.3, 0.4) is 0 Å². The number of carboxylic acid groups (broad SMARTS) is 1. The van der Waals surface area contributed by atoms with Gasteiger partial charge in [-0.2, -0.15) is 0 Å². The lowest BCUT2D eigenvalue weighted by Gasteiger charge is -2.32. The van der Waals surface area contributed by atoms with Gasteiger partial charge in [0.1, 0.15) is 18.3 Å². The number of anilines is 1. The van der Waals surface area contributed by atoms with Gasteiger partial charge in [0, 0.05) is 0 Å². The first-order valence-electron chi connectivity index (χ1n) is 7.64. The molecule has 7 heteroatoms. The average Bonchev–Trinajstić information content (AvgIpc) is 2.55. The molecule has 1 aliphatic heterocycles. The van der Waals surface area contributed by atoms with Gasteiger partial charge in [-0.1, -0.05) is 24.3 Å². The number of benzene rings is 1. The third kappa shape index (κ3) is 3.92. The Morgan fingerprint density at radius 3 is 2.79 bits per heavy atom. The molecule has 1 aromatic carbocycles. The Hall–Kier alpha value is -2.83. The lowest BCUT2D eigenvalue weighted by molar-refractivity contribution is -0.141. The molecular formula is C17H20N2O5. The number of nitrogens with one attached hydrogen (secondary N) is 1. The number of para-hydroxylation sites is 2. The highest BCUT2D eigenvalue weighted by Crippen LogP contribution is 2.33. The first-order chi connectivity index (χ1) is 11.4. The number of nitrogens with zero attached hydrogens (tertiary/aromatic N) is 1. The molecule has 0 fully saturated rings. The number of aliphatic carboxylic acids is 1. The van der Waals surface area contributed by atoms with Crippen molar-refractivity contribution >= 4 is 23.5 Å². The standard InChI is InChI=1S/C17H20N2O5/c1-3-4-7-12(17(22)23)18-15(20)10-19-13-8-5-6-9-14(13)24-11(2)16(19)21/h3-6,8-9,11-12H,7,10H2,1-2H3,(H,18,20)(H,22,23)/b4-3+. The molecule has 2 unspecified atom stereocenters. The highest BCUT2D eigenvalue weighted by Gasteiger charge is 2.33. The van der Waals surface area contributed by atoms with Gasteiger partial charge in [0.25, 0.3) is 5.91 Å². The van der Waals surface area contributed by atoms with Crippen LogP contribution >= 0.6 is 0 Å². The monoisotopic (exact) mass is 332 g/mol. The summed E-state index contributed by atoms with van der Waals surface area (Å²) >= 11 is 0. The minimum atomic E-state index is -1.12. The van der Waals surface area contributed by atoms with Crippen molar-refractivity contribution < 1.29 is 24.2 Å². The Bertz CT molecular complexity index is 671. The van der Waals surface area contributed by atoms with Gasteiger partial charge >= 0.3 is 5.97 Å². The summed E-state index contributed by atoms with van der Waals surface area (Å²) < 4.78 is 5.50. The highest BCUT2D eigenvalue weighted by molar-refractivity contribution is 6.04. The summed E-state index contributed by atoms with van der Waals surface area (Å²) in [6.45, 7) is 3.11.